The minimum absolute atomic E-state index is 0.297. The first-order valence-electron chi connectivity index (χ1n) is 7.04. The third-order valence-corrected chi connectivity index (χ3v) is 3.94. The summed E-state index contributed by atoms with van der Waals surface area (Å²) in [5, 5.41) is 13.8. The van der Waals surface area contributed by atoms with Crippen LogP contribution in [0.15, 0.2) is 24.3 Å². The average Bonchev–Trinajstić information content (AvgIpc) is 2.93. The molecule has 2 aromatic rings. The standard InChI is InChI=1S/C15H17FN4O3S/c1-15(2,18-14(22)23-3)12(21)17-13-20-19-11(24-13)8-9-5-4-6-10(16)7-9/h4-7H,8H2,1-3H3,(H,18,22)(H,17,20,21). The smallest absolute Gasteiger partial charge is 0.407 e. The highest BCUT2D eigenvalue weighted by Gasteiger charge is 2.30. The molecule has 128 valence electrons. The van der Waals surface area contributed by atoms with E-state index in [0.717, 1.165) is 5.56 Å². The van der Waals surface area contributed by atoms with Gasteiger partial charge in [0.25, 0.3) is 5.91 Å². The van der Waals surface area contributed by atoms with Crippen LogP contribution in [0, 0.1) is 5.82 Å². The van der Waals surface area contributed by atoms with Crippen LogP contribution < -0.4 is 10.6 Å². The normalized spacial score (nSPS) is 11.0. The van der Waals surface area contributed by atoms with Crippen molar-refractivity contribution in [2.45, 2.75) is 25.8 Å². The van der Waals surface area contributed by atoms with E-state index in [9.17, 15) is 14.0 Å². The minimum Gasteiger partial charge on any atom is -0.453 e. The minimum atomic E-state index is -1.18. The zero-order valence-electron chi connectivity index (χ0n) is 13.4. The summed E-state index contributed by atoms with van der Waals surface area (Å²) in [5.74, 6) is -0.775. The third-order valence-electron chi connectivity index (χ3n) is 3.10. The molecule has 24 heavy (non-hydrogen) atoms. The second kappa shape index (κ2) is 7.35. The van der Waals surface area contributed by atoms with E-state index >= 15 is 0 Å². The van der Waals surface area contributed by atoms with Gasteiger partial charge in [0.15, 0.2) is 0 Å². The summed E-state index contributed by atoms with van der Waals surface area (Å²) in [6, 6.07) is 6.19. The molecular formula is C15H17FN4O3S. The number of amides is 2. The molecule has 9 heteroatoms. The number of hydrogen-bond acceptors (Lipinski definition) is 6. The average molecular weight is 352 g/mol. The monoisotopic (exact) mass is 352 g/mol. The van der Waals surface area contributed by atoms with Gasteiger partial charge in [-0.1, -0.05) is 23.5 Å². The van der Waals surface area contributed by atoms with Gasteiger partial charge >= 0.3 is 6.09 Å². The Morgan fingerprint density at radius 1 is 1.33 bits per heavy atom. The summed E-state index contributed by atoms with van der Waals surface area (Å²) < 4.78 is 17.7. The molecule has 0 radical (unpaired) electrons. The third kappa shape index (κ3) is 4.72. The van der Waals surface area contributed by atoms with Gasteiger partial charge in [0, 0.05) is 6.42 Å². The first kappa shape index (κ1) is 17.8. The Balaban J connectivity index is 2.00. The number of alkyl carbamates (subject to hydrolysis) is 1. The van der Waals surface area contributed by atoms with Crippen LogP contribution in [0.1, 0.15) is 24.4 Å². The van der Waals surface area contributed by atoms with Crippen molar-refractivity contribution >= 4 is 28.5 Å². The van der Waals surface area contributed by atoms with E-state index in [-0.39, 0.29) is 5.82 Å². The molecular weight excluding hydrogens is 335 g/mol. The van der Waals surface area contributed by atoms with Crippen molar-refractivity contribution in [3.05, 3.63) is 40.7 Å². The predicted molar refractivity (Wildman–Crippen MR) is 87.4 cm³/mol. The lowest BCUT2D eigenvalue weighted by Crippen LogP contribution is -2.52. The van der Waals surface area contributed by atoms with Gasteiger partial charge in [0.05, 0.1) is 7.11 Å². The highest BCUT2D eigenvalue weighted by atomic mass is 32.1. The van der Waals surface area contributed by atoms with Crippen molar-refractivity contribution in [3.8, 4) is 0 Å². The topological polar surface area (TPSA) is 93.2 Å². The molecule has 1 aromatic carbocycles. The van der Waals surface area contributed by atoms with E-state index in [1.54, 1.807) is 12.1 Å². The summed E-state index contributed by atoms with van der Waals surface area (Å²) >= 11 is 1.18. The van der Waals surface area contributed by atoms with E-state index in [2.05, 4.69) is 25.6 Å². The Hall–Kier alpha value is -2.55. The van der Waals surface area contributed by atoms with E-state index < -0.39 is 17.5 Å². The molecule has 0 aliphatic rings. The number of aromatic nitrogens is 2. The number of hydrogen-bond donors (Lipinski definition) is 2. The lowest BCUT2D eigenvalue weighted by Gasteiger charge is -2.23. The van der Waals surface area contributed by atoms with Gasteiger partial charge in [-0.15, -0.1) is 10.2 Å². The van der Waals surface area contributed by atoms with E-state index in [4.69, 9.17) is 0 Å². The molecule has 2 rings (SSSR count). The van der Waals surface area contributed by atoms with E-state index in [1.807, 2.05) is 0 Å². The molecule has 1 aromatic heterocycles. The number of rotatable bonds is 5. The Bertz CT molecular complexity index is 748. The van der Waals surface area contributed by atoms with Crippen molar-refractivity contribution in [1.82, 2.24) is 15.5 Å². The number of benzene rings is 1. The van der Waals surface area contributed by atoms with Crippen LogP contribution in [0.3, 0.4) is 0 Å². The SMILES string of the molecule is COC(=O)NC(C)(C)C(=O)Nc1nnc(Cc2cccc(F)c2)s1. The predicted octanol–water partition coefficient (Wildman–Crippen LogP) is 2.34. The lowest BCUT2D eigenvalue weighted by atomic mass is 10.1. The van der Waals surface area contributed by atoms with Crippen molar-refractivity contribution in [1.29, 1.82) is 0 Å². The van der Waals surface area contributed by atoms with Gasteiger partial charge in [-0.3, -0.25) is 10.1 Å². The fourth-order valence-corrected chi connectivity index (χ4v) is 2.58. The maximum absolute atomic E-state index is 13.2. The van der Waals surface area contributed by atoms with Gasteiger partial charge in [-0.25, -0.2) is 9.18 Å². The first-order chi connectivity index (χ1) is 11.3. The van der Waals surface area contributed by atoms with Crippen LogP contribution in [0.5, 0.6) is 0 Å². The van der Waals surface area contributed by atoms with Crippen molar-refractivity contribution in [2.75, 3.05) is 12.4 Å². The maximum Gasteiger partial charge on any atom is 0.407 e. The first-order valence-corrected chi connectivity index (χ1v) is 7.86. The Labute approximate surface area is 142 Å². The van der Waals surface area contributed by atoms with Gasteiger partial charge < -0.3 is 10.1 Å². The highest BCUT2D eigenvalue weighted by Crippen LogP contribution is 2.20. The molecule has 0 fully saturated rings. The number of anilines is 1. The molecule has 0 unspecified atom stereocenters. The molecule has 2 N–H and O–H groups in total. The van der Waals surface area contributed by atoms with Gasteiger partial charge in [0.2, 0.25) is 5.13 Å². The zero-order valence-corrected chi connectivity index (χ0v) is 14.2. The lowest BCUT2D eigenvalue weighted by molar-refractivity contribution is -0.121. The number of nitrogens with one attached hydrogen (secondary N) is 2. The second-order valence-electron chi connectivity index (χ2n) is 5.50. The van der Waals surface area contributed by atoms with Crippen LogP contribution in [-0.2, 0) is 16.0 Å². The summed E-state index contributed by atoms with van der Waals surface area (Å²) in [5.41, 5.74) is -0.418. The maximum atomic E-state index is 13.2. The highest BCUT2D eigenvalue weighted by molar-refractivity contribution is 7.15. The number of ether oxygens (including phenoxy) is 1. The van der Waals surface area contributed by atoms with Crippen LogP contribution in [0.4, 0.5) is 14.3 Å². The zero-order chi connectivity index (χ0) is 17.7. The number of halogens is 1. The van der Waals surface area contributed by atoms with E-state index in [0.29, 0.717) is 16.6 Å². The van der Waals surface area contributed by atoms with Crippen LogP contribution >= 0.6 is 11.3 Å². The Morgan fingerprint density at radius 3 is 2.75 bits per heavy atom. The van der Waals surface area contributed by atoms with Gasteiger partial charge in [-0.2, -0.15) is 0 Å². The molecule has 0 spiro atoms. The Morgan fingerprint density at radius 2 is 2.08 bits per heavy atom. The van der Waals surface area contributed by atoms with Crippen LogP contribution in [0.2, 0.25) is 0 Å². The van der Waals surface area contributed by atoms with Crippen molar-refractivity contribution in [3.63, 3.8) is 0 Å². The summed E-state index contributed by atoms with van der Waals surface area (Å²) in [6.07, 6.45) is -0.297. The molecule has 0 atom stereocenters. The number of carbonyl (C=O) groups excluding carboxylic acids is 2. The molecule has 1 heterocycles. The molecule has 7 nitrogen and oxygen atoms in total. The quantitative estimate of drug-likeness (QED) is 0.861. The molecule has 0 aliphatic heterocycles. The molecule has 0 aliphatic carbocycles. The molecule has 0 saturated heterocycles. The largest absolute Gasteiger partial charge is 0.453 e. The van der Waals surface area contributed by atoms with Crippen molar-refractivity contribution in [2.24, 2.45) is 0 Å². The molecule has 2 amide bonds. The van der Waals surface area contributed by atoms with Crippen molar-refractivity contribution < 1.29 is 18.7 Å². The summed E-state index contributed by atoms with van der Waals surface area (Å²) in [4.78, 5) is 23.5. The summed E-state index contributed by atoms with van der Waals surface area (Å²) in [6.45, 7) is 3.07. The Kier molecular flexibility index (Phi) is 5.45. The number of carbonyl (C=O) groups is 2. The molecule has 0 bridgehead atoms. The van der Waals surface area contributed by atoms with Crippen LogP contribution in [0.25, 0.3) is 0 Å². The number of nitrogens with zero attached hydrogens (tertiary/aromatic N) is 2. The fourth-order valence-electron chi connectivity index (χ4n) is 1.81. The second-order valence-corrected chi connectivity index (χ2v) is 6.57. The van der Waals surface area contributed by atoms with Gasteiger partial charge in [0.1, 0.15) is 16.4 Å². The molecule has 0 saturated carbocycles. The summed E-state index contributed by atoms with van der Waals surface area (Å²) in [7, 11) is 1.22. The number of methoxy groups -OCH3 is 1. The fraction of sp³-hybridized carbons (Fsp3) is 0.333. The van der Waals surface area contributed by atoms with Crippen LogP contribution in [-0.4, -0.2) is 34.8 Å². The van der Waals surface area contributed by atoms with E-state index in [1.165, 1.54) is 44.4 Å². The van der Waals surface area contributed by atoms with Gasteiger partial charge in [-0.05, 0) is 31.5 Å².